The Morgan fingerprint density at radius 3 is 2.59 bits per heavy atom. The van der Waals surface area contributed by atoms with Gasteiger partial charge in [0.05, 0.1) is 5.71 Å². The minimum atomic E-state index is -0.998. The van der Waals surface area contributed by atoms with Gasteiger partial charge in [-0.3, -0.25) is 4.79 Å². The largest absolute Gasteiger partial charge is 0.480 e. The topological polar surface area (TPSA) is 79.2 Å². The van der Waals surface area contributed by atoms with Crippen LogP contribution in [-0.2, 0) is 14.4 Å². The van der Waals surface area contributed by atoms with Gasteiger partial charge >= 0.3 is 5.97 Å². The van der Waals surface area contributed by atoms with E-state index in [2.05, 4.69) is 5.16 Å². The second-order valence-corrected chi connectivity index (χ2v) is 5.69. The molecule has 1 amide bonds. The number of carboxylic acid groups (broad SMARTS) is 1. The molecule has 1 N–H and O–H groups in total. The number of hydrogen-bond acceptors (Lipinski definition) is 4. The van der Waals surface area contributed by atoms with E-state index in [4.69, 9.17) is 4.84 Å². The zero-order valence-corrected chi connectivity index (χ0v) is 12.3. The van der Waals surface area contributed by atoms with Gasteiger partial charge in [-0.2, -0.15) is 0 Å². The molecule has 0 saturated heterocycles. The van der Waals surface area contributed by atoms with Crippen molar-refractivity contribution in [1.29, 1.82) is 0 Å². The summed E-state index contributed by atoms with van der Waals surface area (Å²) in [7, 11) is 0. The molecule has 1 aromatic carbocycles. The quantitative estimate of drug-likeness (QED) is 0.897. The molecule has 0 radical (unpaired) electrons. The van der Waals surface area contributed by atoms with Crippen molar-refractivity contribution in [2.75, 3.05) is 0 Å². The van der Waals surface area contributed by atoms with Crippen molar-refractivity contribution in [3.63, 3.8) is 0 Å². The van der Waals surface area contributed by atoms with Crippen LogP contribution in [0.4, 0.5) is 0 Å². The third-order valence-corrected chi connectivity index (χ3v) is 4.02. The van der Waals surface area contributed by atoms with Gasteiger partial charge in [0.15, 0.2) is 0 Å². The molecule has 1 saturated carbocycles. The van der Waals surface area contributed by atoms with Gasteiger partial charge in [0.1, 0.15) is 6.04 Å². The lowest BCUT2D eigenvalue weighted by Gasteiger charge is -2.28. The number of rotatable bonds is 5. The molecule has 2 unspecified atom stereocenters. The number of carboxylic acids is 1. The summed E-state index contributed by atoms with van der Waals surface area (Å²) < 4.78 is 0. The number of aliphatic carboxylic acids is 1. The molecule has 1 aliphatic carbocycles. The van der Waals surface area contributed by atoms with Crippen molar-refractivity contribution in [2.45, 2.75) is 44.4 Å². The first-order valence-electron chi connectivity index (χ1n) is 7.41. The van der Waals surface area contributed by atoms with Crippen LogP contribution in [0.25, 0.3) is 0 Å². The second-order valence-electron chi connectivity index (χ2n) is 5.69. The molecule has 6 heteroatoms. The van der Waals surface area contributed by atoms with Gasteiger partial charge in [-0.1, -0.05) is 35.5 Å². The van der Waals surface area contributed by atoms with Gasteiger partial charge in [0, 0.05) is 12.5 Å². The van der Waals surface area contributed by atoms with Gasteiger partial charge in [-0.05, 0) is 25.3 Å². The van der Waals surface area contributed by atoms with E-state index in [-0.39, 0.29) is 11.9 Å². The van der Waals surface area contributed by atoms with Crippen molar-refractivity contribution in [2.24, 2.45) is 5.16 Å². The van der Waals surface area contributed by atoms with Crippen molar-refractivity contribution in [3.8, 4) is 0 Å². The number of carbonyl (C=O) groups is 2. The molecule has 22 heavy (non-hydrogen) atoms. The molecule has 2 atom stereocenters. The van der Waals surface area contributed by atoms with Crippen molar-refractivity contribution < 1.29 is 19.5 Å². The third-order valence-electron chi connectivity index (χ3n) is 4.02. The summed E-state index contributed by atoms with van der Waals surface area (Å²) in [5, 5.41) is 13.2. The van der Waals surface area contributed by atoms with Crippen LogP contribution in [0, 0.1) is 0 Å². The Hall–Kier alpha value is -2.37. The molecule has 0 aromatic heterocycles. The predicted octanol–water partition coefficient (Wildman–Crippen LogP) is 1.64. The van der Waals surface area contributed by atoms with Crippen molar-refractivity contribution in [3.05, 3.63) is 35.9 Å². The second kappa shape index (κ2) is 5.79. The summed E-state index contributed by atoms with van der Waals surface area (Å²) in [6.45, 7) is 1.53. The van der Waals surface area contributed by atoms with Crippen LogP contribution in [0.1, 0.15) is 31.7 Å². The molecule has 1 fully saturated rings. The number of amides is 1. The van der Waals surface area contributed by atoms with Crippen LogP contribution in [-0.4, -0.2) is 45.8 Å². The summed E-state index contributed by atoms with van der Waals surface area (Å²) in [6.07, 6.45) is 1.35. The summed E-state index contributed by atoms with van der Waals surface area (Å²) >= 11 is 0. The zero-order valence-electron chi connectivity index (χ0n) is 12.3. The Morgan fingerprint density at radius 1 is 1.32 bits per heavy atom. The highest BCUT2D eigenvalue weighted by Crippen LogP contribution is 2.31. The fourth-order valence-electron chi connectivity index (χ4n) is 2.64. The van der Waals surface area contributed by atoms with Crippen LogP contribution < -0.4 is 0 Å². The smallest absolute Gasteiger partial charge is 0.326 e. The standard InChI is InChI=1S/C16H18N2O4/c1-10(16(20)21)18(12-7-8-12)15(19)14-9-13(17-22-14)11-5-3-2-4-6-11/h2-6,10,12,14H,7-9H2,1H3,(H,20,21). The Labute approximate surface area is 128 Å². The lowest BCUT2D eigenvalue weighted by molar-refractivity contribution is -0.155. The molecular weight excluding hydrogens is 284 g/mol. The summed E-state index contributed by atoms with van der Waals surface area (Å²) in [5.41, 5.74) is 1.64. The van der Waals surface area contributed by atoms with Crippen LogP contribution in [0.15, 0.2) is 35.5 Å². The van der Waals surface area contributed by atoms with Gasteiger partial charge in [0.2, 0.25) is 6.10 Å². The first-order chi connectivity index (χ1) is 10.6. The van der Waals surface area contributed by atoms with Gasteiger partial charge < -0.3 is 14.8 Å². The fraction of sp³-hybridized carbons (Fsp3) is 0.438. The van der Waals surface area contributed by atoms with E-state index < -0.39 is 18.1 Å². The molecular formula is C16H18N2O4. The third kappa shape index (κ3) is 2.81. The van der Waals surface area contributed by atoms with E-state index in [9.17, 15) is 14.7 Å². The van der Waals surface area contributed by atoms with Gasteiger partial charge in [-0.15, -0.1) is 0 Å². The molecule has 2 aliphatic rings. The van der Waals surface area contributed by atoms with Crippen molar-refractivity contribution >= 4 is 17.6 Å². The maximum atomic E-state index is 12.6. The fourth-order valence-corrected chi connectivity index (χ4v) is 2.64. The Balaban J connectivity index is 1.70. The lowest BCUT2D eigenvalue weighted by atomic mass is 10.0. The van der Waals surface area contributed by atoms with E-state index in [1.807, 2.05) is 30.3 Å². The monoisotopic (exact) mass is 302 g/mol. The minimum absolute atomic E-state index is 0.0166. The number of carbonyl (C=O) groups excluding carboxylic acids is 1. The van der Waals surface area contributed by atoms with E-state index in [1.54, 1.807) is 0 Å². The summed E-state index contributed by atoms with van der Waals surface area (Å²) in [5.74, 6) is -1.28. The van der Waals surface area contributed by atoms with Crippen LogP contribution >= 0.6 is 0 Å². The van der Waals surface area contributed by atoms with E-state index in [0.29, 0.717) is 6.42 Å². The molecule has 0 spiro atoms. The Bertz CT molecular complexity index is 610. The SMILES string of the molecule is CC(C(=O)O)N(C(=O)C1CC(c2ccccc2)=NO1)C1CC1. The van der Waals surface area contributed by atoms with E-state index in [1.165, 1.54) is 11.8 Å². The summed E-state index contributed by atoms with van der Waals surface area (Å²) in [4.78, 5) is 30.5. The highest BCUT2D eigenvalue weighted by Gasteiger charge is 2.43. The number of hydrogen-bond donors (Lipinski definition) is 1. The molecule has 1 heterocycles. The molecule has 1 aliphatic heterocycles. The molecule has 116 valence electrons. The van der Waals surface area contributed by atoms with E-state index in [0.717, 1.165) is 24.1 Å². The predicted molar refractivity (Wildman–Crippen MR) is 79.4 cm³/mol. The average molecular weight is 302 g/mol. The maximum Gasteiger partial charge on any atom is 0.326 e. The Morgan fingerprint density at radius 2 is 2.00 bits per heavy atom. The maximum absolute atomic E-state index is 12.6. The highest BCUT2D eigenvalue weighted by molar-refractivity contribution is 6.04. The lowest BCUT2D eigenvalue weighted by Crippen LogP contribution is -2.49. The average Bonchev–Trinajstić information content (AvgIpc) is 3.23. The van der Waals surface area contributed by atoms with E-state index >= 15 is 0 Å². The highest BCUT2D eigenvalue weighted by atomic mass is 16.6. The van der Waals surface area contributed by atoms with Crippen LogP contribution in [0.2, 0.25) is 0 Å². The van der Waals surface area contributed by atoms with Crippen molar-refractivity contribution in [1.82, 2.24) is 4.90 Å². The first-order valence-corrected chi connectivity index (χ1v) is 7.41. The van der Waals surface area contributed by atoms with Crippen LogP contribution in [0.5, 0.6) is 0 Å². The zero-order chi connectivity index (χ0) is 15.7. The normalized spacial score (nSPS) is 21.7. The van der Waals surface area contributed by atoms with Gasteiger partial charge in [-0.25, -0.2) is 4.79 Å². The first kappa shape index (κ1) is 14.6. The minimum Gasteiger partial charge on any atom is -0.480 e. The molecule has 6 nitrogen and oxygen atoms in total. The molecule has 0 bridgehead atoms. The Kier molecular flexibility index (Phi) is 3.83. The molecule has 3 rings (SSSR count). The number of benzene rings is 1. The molecule has 1 aromatic rings. The van der Waals surface area contributed by atoms with Crippen LogP contribution in [0.3, 0.4) is 0 Å². The summed E-state index contributed by atoms with van der Waals surface area (Å²) in [6, 6.07) is 8.70. The number of nitrogens with zero attached hydrogens (tertiary/aromatic N) is 2. The van der Waals surface area contributed by atoms with Gasteiger partial charge in [0.25, 0.3) is 5.91 Å². The number of oxime groups is 1.